The number of aromatic nitrogens is 2. The molecule has 1 aromatic rings. The van der Waals surface area contributed by atoms with Crippen molar-refractivity contribution < 1.29 is 0 Å². The molecule has 15 heavy (non-hydrogen) atoms. The van der Waals surface area contributed by atoms with Crippen molar-refractivity contribution in [1.82, 2.24) is 14.5 Å². The Kier molecular flexibility index (Phi) is 4.93. The monoisotopic (exact) mass is 229 g/mol. The molecule has 0 aliphatic carbocycles. The Balaban J connectivity index is 2.58. The molecule has 0 spiro atoms. The minimum atomic E-state index is 0.658. The lowest BCUT2D eigenvalue weighted by atomic mass is 10.2. The predicted molar refractivity (Wildman–Crippen MR) is 63.5 cm³/mol. The van der Waals surface area contributed by atoms with Crippen LogP contribution in [-0.4, -0.2) is 27.6 Å². The second kappa shape index (κ2) is 5.99. The topological polar surface area (TPSA) is 67.1 Å². The quantitative estimate of drug-likeness (QED) is 0.568. The highest BCUT2D eigenvalue weighted by Gasteiger charge is 2.12. The largest absolute Gasteiger partial charge is 0.313 e. The minimum Gasteiger partial charge on any atom is -0.313 e. The first-order chi connectivity index (χ1) is 7.17. The molecule has 0 unspecified atom stereocenters. The van der Waals surface area contributed by atoms with Gasteiger partial charge in [0.2, 0.25) is 0 Å². The zero-order valence-corrected chi connectivity index (χ0v) is 10.3. The van der Waals surface area contributed by atoms with E-state index in [4.69, 9.17) is 5.84 Å². The van der Waals surface area contributed by atoms with Crippen LogP contribution in [0.5, 0.6) is 0 Å². The number of nitrogens with zero attached hydrogens (tertiary/aromatic N) is 3. The van der Waals surface area contributed by atoms with E-state index in [2.05, 4.69) is 40.7 Å². The molecule has 0 saturated carbocycles. The SMILES string of the molecule is CCN(Cc1nnsc1NN)CC(C)C. The molecule has 5 nitrogen and oxygen atoms in total. The maximum atomic E-state index is 5.38. The summed E-state index contributed by atoms with van der Waals surface area (Å²) in [6.45, 7) is 9.47. The summed E-state index contributed by atoms with van der Waals surface area (Å²) < 4.78 is 3.88. The molecule has 0 radical (unpaired) electrons. The summed E-state index contributed by atoms with van der Waals surface area (Å²) in [6.07, 6.45) is 0. The van der Waals surface area contributed by atoms with Gasteiger partial charge >= 0.3 is 0 Å². The van der Waals surface area contributed by atoms with Gasteiger partial charge in [0.1, 0.15) is 10.7 Å². The molecule has 6 heteroatoms. The number of hydrogen-bond acceptors (Lipinski definition) is 6. The molecule has 0 aliphatic heterocycles. The van der Waals surface area contributed by atoms with E-state index in [1.807, 2.05) is 0 Å². The van der Waals surface area contributed by atoms with Gasteiger partial charge in [0, 0.05) is 24.6 Å². The number of anilines is 1. The van der Waals surface area contributed by atoms with Crippen molar-refractivity contribution in [3.8, 4) is 0 Å². The molecule has 86 valence electrons. The third kappa shape index (κ3) is 3.73. The molecule has 0 aromatic carbocycles. The van der Waals surface area contributed by atoms with Crippen LogP contribution in [0.25, 0.3) is 0 Å². The Morgan fingerprint density at radius 2 is 2.27 bits per heavy atom. The van der Waals surface area contributed by atoms with Gasteiger partial charge in [-0.15, -0.1) is 5.10 Å². The van der Waals surface area contributed by atoms with E-state index < -0.39 is 0 Å². The highest BCUT2D eigenvalue weighted by Crippen LogP contribution is 2.18. The Morgan fingerprint density at radius 1 is 1.53 bits per heavy atom. The molecule has 0 amide bonds. The predicted octanol–water partition coefficient (Wildman–Crippen LogP) is 1.30. The zero-order chi connectivity index (χ0) is 11.3. The number of hydrazine groups is 1. The van der Waals surface area contributed by atoms with E-state index in [1.54, 1.807) is 0 Å². The average molecular weight is 229 g/mol. The molecule has 1 heterocycles. The third-order valence-corrected chi connectivity index (χ3v) is 2.83. The van der Waals surface area contributed by atoms with Crippen LogP contribution in [0.15, 0.2) is 0 Å². The Morgan fingerprint density at radius 3 is 2.80 bits per heavy atom. The summed E-state index contributed by atoms with van der Waals surface area (Å²) in [5.41, 5.74) is 3.56. The summed E-state index contributed by atoms with van der Waals surface area (Å²) in [7, 11) is 0. The van der Waals surface area contributed by atoms with Crippen molar-refractivity contribution in [3.05, 3.63) is 5.69 Å². The van der Waals surface area contributed by atoms with Crippen LogP contribution in [0, 0.1) is 5.92 Å². The Labute approximate surface area is 94.8 Å². The second-order valence-corrected chi connectivity index (χ2v) is 4.67. The van der Waals surface area contributed by atoms with Crippen molar-refractivity contribution in [3.63, 3.8) is 0 Å². The van der Waals surface area contributed by atoms with Gasteiger partial charge < -0.3 is 5.43 Å². The van der Waals surface area contributed by atoms with E-state index in [-0.39, 0.29) is 0 Å². The minimum absolute atomic E-state index is 0.658. The van der Waals surface area contributed by atoms with Crippen LogP contribution in [0.2, 0.25) is 0 Å². The summed E-state index contributed by atoms with van der Waals surface area (Å²) in [6, 6.07) is 0. The fourth-order valence-electron chi connectivity index (χ4n) is 1.46. The molecular weight excluding hydrogens is 210 g/mol. The second-order valence-electron chi connectivity index (χ2n) is 3.91. The molecule has 1 aromatic heterocycles. The first-order valence-electron chi connectivity index (χ1n) is 5.17. The van der Waals surface area contributed by atoms with Crippen LogP contribution < -0.4 is 11.3 Å². The highest BCUT2D eigenvalue weighted by molar-refractivity contribution is 7.10. The number of nitrogens with two attached hydrogens (primary N) is 1. The number of rotatable bonds is 6. The van der Waals surface area contributed by atoms with Gasteiger partial charge in [-0.05, 0) is 12.5 Å². The average Bonchev–Trinajstić information content (AvgIpc) is 2.63. The molecule has 1 rings (SSSR count). The van der Waals surface area contributed by atoms with E-state index >= 15 is 0 Å². The molecule has 0 bridgehead atoms. The van der Waals surface area contributed by atoms with Crippen LogP contribution in [0.4, 0.5) is 5.00 Å². The van der Waals surface area contributed by atoms with Gasteiger partial charge in [-0.3, -0.25) is 4.90 Å². The number of nitrogens with one attached hydrogen (secondary N) is 1. The van der Waals surface area contributed by atoms with Gasteiger partial charge in [0.25, 0.3) is 0 Å². The van der Waals surface area contributed by atoms with E-state index in [0.717, 1.165) is 30.3 Å². The first kappa shape index (κ1) is 12.4. The molecule has 0 saturated heterocycles. The van der Waals surface area contributed by atoms with Gasteiger partial charge in [-0.25, -0.2) is 5.84 Å². The fourth-order valence-corrected chi connectivity index (χ4v) is 1.94. The number of nitrogen functional groups attached to an aromatic ring is 1. The van der Waals surface area contributed by atoms with Crippen molar-refractivity contribution in [2.24, 2.45) is 11.8 Å². The van der Waals surface area contributed by atoms with E-state index in [0.29, 0.717) is 5.92 Å². The number of hydrogen-bond donors (Lipinski definition) is 2. The normalized spacial score (nSPS) is 11.3. The van der Waals surface area contributed by atoms with Gasteiger partial charge in [0.15, 0.2) is 0 Å². The lowest BCUT2D eigenvalue weighted by Gasteiger charge is -2.21. The summed E-state index contributed by atoms with van der Waals surface area (Å²) >= 11 is 1.30. The van der Waals surface area contributed by atoms with Crippen LogP contribution in [0.3, 0.4) is 0 Å². The maximum absolute atomic E-state index is 5.38. The molecule has 0 aliphatic rings. The molecule has 3 N–H and O–H groups in total. The lowest BCUT2D eigenvalue weighted by Crippen LogP contribution is -2.27. The van der Waals surface area contributed by atoms with E-state index in [1.165, 1.54) is 11.5 Å². The Bertz CT molecular complexity index is 286. The van der Waals surface area contributed by atoms with Crippen molar-refractivity contribution >= 4 is 16.5 Å². The third-order valence-electron chi connectivity index (χ3n) is 2.13. The molecule has 0 fully saturated rings. The standard InChI is InChI=1S/C9H19N5S/c1-4-14(5-7(2)3)6-8-9(11-10)15-13-12-8/h7,11H,4-6,10H2,1-3H3. The maximum Gasteiger partial charge on any atom is 0.148 e. The van der Waals surface area contributed by atoms with Crippen LogP contribution in [-0.2, 0) is 6.54 Å². The van der Waals surface area contributed by atoms with Crippen molar-refractivity contribution in [1.29, 1.82) is 0 Å². The van der Waals surface area contributed by atoms with E-state index in [9.17, 15) is 0 Å². The van der Waals surface area contributed by atoms with Gasteiger partial charge in [0.05, 0.1) is 0 Å². The zero-order valence-electron chi connectivity index (χ0n) is 9.53. The summed E-state index contributed by atoms with van der Waals surface area (Å²) in [4.78, 5) is 2.34. The summed E-state index contributed by atoms with van der Waals surface area (Å²) in [5, 5.41) is 4.92. The van der Waals surface area contributed by atoms with Crippen molar-refractivity contribution in [2.45, 2.75) is 27.3 Å². The fraction of sp³-hybridized carbons (Fsp3) is 0.778. The van der Waals surface area contributed by atoms with Crippen LogP contribution in [0.1, 0.15) is 26.5 Å². The molecular formula is C9H19N5S. The summed E-state index contributed by atoms with van der Waals surface area (Å²) in [5.74, 6) is 6.03. The molecule has 0 atom stereocenters. The lowest BCUT2D eigenvalue weighted by molar-refractivity contribution is 0.246. The van der Waals surface area contributed by atoms with Gasteiger partial charge in [-0.2, -0.15) is 0 Å². The first-order valence-corrected chi connectivity index (χ1v) is 5.94. The highest BCUT2D eigenvalue weighted by atomic mass is 32.1. The van der Waals surface area contributed by atoms with Crippen LogP contribution >= 0.6 is 11.5 Å². The smallest absolute Gasteiger partial charge is 0.148 e. The van der Waals surface area contributed by atoms with Gasteiger partial charge in [-0.1, -0.05) is 25.3 Å². The van der Waals surface area contributed by atoms with Crippen molar-refractivity contribution in [2.75, 3.05) is 18.5 Å². The Hall–Kier alpha value is -0.720.